The number of rotatable bonds is 13. The number of alkyl halides is 1. The number of unbranched alkanes of at least 4 members (excludes halogenated alkanes) is 1. The largest absolute Gasteiger partial charge is 0.496 e. The topological polar surface area (TPSA) is 93.2 Å². The number of aryl methyl sites for hydroxylation is 1. The molecule has 0 bridgehead atoms. The Bertz CT molecular complexity index is 1190. The van der Waals surface area contributed by atoms with Crippen LogP contribution in [0.1, 0.15) is 73.4 Å². The predicted octanol–water partition coefficient (Wildman–Crippen LogP) is 5.48. The summed E-state index contributed by atoms with van der Waals surface area (Å²) in [5.41, 5.74) is 3.10. The van der Waals surface area contributed by atoms with Gasteiger partial charge in [0, 0.05) is 49.5 Å². The lowest BCUT2D eigenvalue weighted by Gasteiger charge is -2.28. The summed E-state index contributed by atoms with van der Waals surface area (Å²) in [5.74, 6) is -0.0530. The number of aliphatic carboxylic acids is 1. The zero-order valence-electron chi connectivity index (χ0n) is 24.5. The summed E-state index contributed by atoms with van der Waals surface area (Å²) in [5, 5.41) is 13.6. The molecule has 42 heavy (non-hydrogen) atoms. The summed E-state index contributed by atoms with van der Waals surface area (Å²) < 4.78 is 46.7. The van der Waals surface area contributed by atoms with E-state index in [1.54, 1.807) is 18.1 Å². The number of aromatic nitrogens is 1. The maximum absolute atomic E-state index is 15.4. The van der Waals surface area contributed by atoms with Crippen LogP contribution in [0.25, 0.3) is 0 Å². The Labute approximate surface area is 246 Å². The molecule has 0 saturated carbocycles. The molecule has 0 unspecified atom stereocenters. The summed E-state index contributed by atoms with van der Waals surface area (Å²) >= 11 is 0. The van der Waals surface area contributed by atoms with Crippen LogP contribution < -0.4 is 10.1 Å². The molecule has 4 heterocycles. The first-order valence-corrected chi connectivity index (χ1v) is 15.3. The van der Waals surface area contributed by atoms with E-state index >= 15 is 4.39 Å². The van der Waals surface area contributed by atoms with Crippen LogP contribution in [0.3, 0.4) is 0 Å². The molecule has 0 amide bonds. The lowest BCUT2D eigenvalue weighted by Crippen LogP contribution is -2.34. The van der Waals surface area contributed by atoms with Gasteiger partial charge in [-0.25, -0.2) is 13.8 Å². The first-order chi connectivity index (χ1) is 20.4. The van der Waals surface area contributed by atoms with Crippen LogP contribution in [-0.2, 0) is 33.7 Å². The summed E-state index contributed by atoms with van der Waals surface area (Å²) in [6, 6.07) is 5.18. The molecule has 3 aliphatic rings. The van der Waals surface area contributed by atoms with E-state index in [0.717, 1.165) is 67.9 Å². The Morgan fingerprint density at radius 1 is 1.24 bits per heavy atom. The van der Waals surface area contributed by atoms with E-state index in [1.807, 2.05) is 6.07 Å². The molecule has 3 aliphatic heterocycles. The monoisotopic (exact) mass is 587 g/mol. The molecule has 1 aromatic carbocycles. The summed E-state index contributed by atoms with van der Waals surface area (Å²) in [6.45, 7) is 3.15. The quantitative estimate of drug-likeness (QED) is 0.298. The zero-order chi connectivity index (χ0) is 29.5. The molecule has 8 nitrogen and oxygen atoms in total. The van der Waals surface area contributed by atoms with E-state index in [1.165, 1.54) is 12.1 Å². The summed E-state index contributed by atoms with van der Waals surface area (Å²) in [6.07, 6.45) is 5.83. The minimum Gasteiger partial charge on any atom is -0.496 e. The Morgan fingerprint density at radius 2 is 2.07 bits per heavy atom. The minimum absolute atomic E-state index is 0.0325. The van der Waals surface area contributed by atoms with Gasteiger partial charge >= 0.3 is 5.97 Å². The van der Waals surface area contributed by atoms with Crippen LogP contribution in [0.5, 0.6) is 5.75 Å². The maximum Gasteiger partial charge on any atom is 0.325 e. The summed E-state index contributed by atoms with van der Waals surface area (Å²) in [7, 11) is 1.68. The number of ether oxygens (including phenoxy) is 3. The van der Waals surface area contributed by atoms with Crippen molar-refractivity contribution in [2.75, 3.05) is 45.3 Å². The van der Waals surface area contributed by atoms with Gasteiger partial charge in [0.1, 0.15) is 29.6 Å². The molecule has 10 heteroatoms. The van der Waals surface area contributed by atoms with Crippen LogP contribution in [0.15, 0.2) is 24.3 Å². The van der Waals surface area contributed by atoms with Crippen molar-refractivity contribution in [1.29, 1.82) is 0 Å². The van der Waals surface area contributed by atoms with Crippen molar-refractivity contribution in [1.82, 2.24) is 9.88 Å². The molecule has 3 atom stereocenters. The number of nitrogens with one attached hydrogen (secondary N) is 1. The minimum atomic E-state index is -1.06. The van der Waals surface area contributed by atoms with Gasteiger partial charge in [0.25, 0.3) is 0 Å². The van der Waals surface area contributed by atoms with Gasteiger partial charge in [-0.3, -0.25) is 9.69 Å². The number of halogens is 2. The number of fused-ring (bicyclic) bond motifs is 1. The Kier molecular flexibility index (Phi) is 10.6. The van der Waals surface area contributed by atoms with Gasteiger partial charge in [0.2, 0.25) is 0 Å². The van der Waals surface area contributed by atoms with Crippen LogP contribution in [0.2, 0.25) is 0 Å². The Hall–Kier alpha value is -2.82. The Balaban J connectivity index is 1.15. The third-order valence-electron chi connectivity index (χ3n) is 8.83. The highest BCUT2D eigenvalue weighted by Crippen LogP contribution is 2.35. The third-order valence-corrected chi connectivity index (χ3v) is 8.83. The number of nitrogens with zero attached hydrogens (tertiary/aromatic N) is 2. The Morgan fingerprint density at radius 3 is 2.86 bits per heavy atom. The first-order valence-electron chi connectivity index (χ1n) is 15.3. The SMILES string of the molecule is COc1cc(CCCC[C@@H](F)[C@@H]2CCN([C@H](C(=O)O)c3cc(F)ccc3COC3CCOCC3)C2)nc2c1CCCN2. The average molecular weight is 588 g/mol. The zero-order valence-corrected chi connectivity index (χ0v) is 24.5. The van der Waals surface area contributed by atoms with E-state index in [-0.39, 0.29) is 18.6 Å². The highest BCUT2D eigenvalue weighted by molar-refractivity contribution is 5.76. The third kappa shape index (κ3) is 7.57. The van der Waals surface area contributed by atoms with Gasteiger partial charge in [0.05, 0.1) is 19.8 Å². The van der Waals surface area contributed by atoms with Crippen LogP contribution in [0.4, 0.5) is 14.6 Å². The van der Waals surface area contributed by atoms with Gasteiger partial charge in [0.15, 0.2) is 0 Å². The smallest absolute Gasteiger partial charge is 0.325 e. The second kappa shape index (κ2) is 14.6. The van der Waals surface area contributed by atoms with Gasteiger partial charge in [-0.2, -0.15) is 0 Å². The number of methoxy groups -OCH3 is 1. The first kappa shape index (κ1) is 30.6. The van der Waals surface area contributed by atoms with Crippen molar-refractivity contribution in [2.45, 2.75) is 82.7 Å². The van der Waals surface area contributed by atoms with Crippen molar-refractivity contribution in [3.05, 3.63) is 52.5 Å². The van der Waals surface area contributed by atoms with Crippen molar-refractivity contribution < 1.29 is 32.9 Å². The molecule has 0 radical (unpaired) electrons. The van der Waals surface area contributed by atoms with E-state index in [9.17, 15) is 14.3 Å². The lowest BCUT2D eigenvalue weighted by atomic mass is 9.96. The molecule has 230 valence electrons. The summed E-state index contributed by atoms with van der Waals surface area (Å²) in [4.78, 5) is 19.0. The molecular weight excluding hydrogens is 544 g/mol. The normalized spacial score (nSPS) is 21.0. The number of likely N-dealkylation sites (tertiary alicyclic amines) is 1. The van der Waals surface area contributed by atoms with Crippen LogP contribution in [-0.4, -0.2) is 73.2 Å². The molecular formula is C32H43F2N3O5. The number of anilines is 1. The fourth-order valence-electron chi connectivity index (χ4n) is 6.48. The molecule has 2 saturated heterocycles. The molecule has 0 aliphatic carbocycles. The molecule has 5 rings (SSSR count). The molecule has 2 aromatic rings. The lowest BCUT2D eigenvalue weighted by molar-refractivity contribution is -0.143. The fourth-order valence-corrected chi connectivity index (χ4v) is 6.48. The number of hydrogen-bond donors (Lipinski definition) is 2. The van der Waals surface area contributed by atoms with Gasteiger partial charge in [-0.05, 0) is 81.2 Å². The molecule has 2 N–H and O–H groups in total. The van der Waals surface area contributed by atoms with Gasteiger partial charge in [-0.15, -0.1) is 0 Å². The molecule has 0 spiro atoms. The number of carbonyl (C=O) groups is 1. The van der Waals surface area contributed by atoms with Crippen LogP contribution >= 0.6 is 0 Å². The van der Waals surface area contributed by atoms with Crippen molar-refractivity contribution in [3.8, 4) is 5.75 Å². The number of benzene rings is 1. The molecule has 1 aromatic heterocycles. The second-order valence-electron chi connectivity index (χ2n) is 11.7. The van der Waals surface area contributed by atoms with Crippen LogP contribution in [0, 0.1) is 11.7 Å². The van der Waals surface area contributed by atoms with E-state index in [4.69, 9.17) is 19.2 Å². The van der Waals surface area contributed by atoms with Crippen molar-refractivity contribution >= 4 is 11.8 Å². The van der Waals surface area contributed by atoms with Gasteiger partial charge in [-0.1, -0.05) is 12.5 Å². The predicted molar refractivity (Wildman–Crippen MR) is 155 cm³/mol. The number of carboxylic acids is 1. The number of carboxylic acid groups (broad SMARTS) is 1. The average Bonchev–Trinajstić information content (AvgIpc) is 3.48. The fraction of sp³-hybridized carbons (Fsp3) is 0.625. The maximum atomic E-state index is 15.4. The number of hydrogen-bond acceptors (Lipinski definition) is 7. The number of pyridine rings is 1. The molecule has 2 fully saturated rings. The van der Waals surface area contributed by atoms with Gasteiger partial charge < -0.3 is 24.6 Å². The van der Waals surface area contributed by atoms with E-state index < -0.39 is 24.0 Å². The van der Waals surface area contributed by atoms with E-state index in [2.05, 4.69) is 5.32 Å². The second-order valence-corrected chi connectivity index (χ2v) is 11.7. The van der Waals surface area contributed by atoms with Crippen molar-refractivity contribution in [3.63, 3.8) is 0 Å². The standard InChI is InChI=1S/C32H43F2N3O5/c1-40-29-18-24(36-31-26(29)6-4-13-35-31)5-2-3-7-28(34)21-10-14-37(19-21)30(32(38)39)27-17-23(33)9-8-22(27)20-42-25-11-15-41-16-12-25/h8-9,17-18,21,25,28,30H,2-7,10-16,19-20H2,1H3,(H,35,36)(H,38,39)/t21-,28-,30+/m1/s1. The highest BCUT2D eigenvalue weighted by atomic mass is 19.1. The van der Waals surface area contributed by atoms with Crippen molar-refractivity contribution in [2.24, 2.45) is 5.92 Å². The van der Waals surface area contributed by atoms with E-state index in [0.29, 0.717) is 56.7 Å². The highest BCUT2D eigenvalue weighted by Gasteiger charge is 2.38.